The van der Waals surface area contributed by atoms with Crippen LogP contribution in [0.4, 0.5) is 5.69 Å². The Balaban J connectivity index is 3.47. The topological polar surface area (TPSA) is 60.9 Å². The van der Waals surface area contributed by atoms with Crippen LogP contribution in [0.2, 0.25) is 0 Å². The van der Waals surface area contributed by atoms with Crippen LogP contribution in [-0.4, -0.2) is 9.55 Å². The van der Waals surface area contributed by atoms with E-state index in [2.05, 4.69) is 4.98 Å². The number of hydrogen-bond donors (Lipinski definition) is 1. The summed E-state index contributed by atoms with van der Waals surface area (Å²) in [5.41, 5.74) is 5.44. The van der Waals surface area contributed by atoms with E-state index in [0.717, 1.165) is 5.82 Å². The molecule has 2 N–H and O–H groups in total. The maximum absolute atomic E-state index is 11.7. The van der Waals surface area contributed by atoms with E-state index in [4.69, 9.17) is 5.73 Å². The monoisotopic (exact) mass is 195 g/mol. The number of nitrogens with zero attached hydrogens (tertiary/aromatic N) is 2. The first-order valence-corrected chi connectivity index (χ1v) is 4.73. The van der Waals surface area contributed by atoms with Crippen molar-refractivity contribution < 1.29 is 0 Å². The average molecular weight is 195 g/mol. The van der Waals surface area contributed by atoms with Crippen molar-refractivity contribution in [1.82, 2.24) is 9.55 Å². The van der Waals surface area contributed by atoms with E-state index in [1.165, 1.54) is 6.20 Å². The zero-order chi connectivity index (χ0) is 10.9. The van der Waals surface area contributed by atoms with E-state index in [1.807, 2.05) is 27.7 Å². The van der Waals surface area contributed by atoms with Crippen LogP contribution >= 0.6 is 0 Å². The summed E-state index contributed by atoms with van der Waals surface area (Å²) in [4.78, 5) is 15.9. The molecule has 0 spiro atoms. The summed E-state index contributed by atoms with van der Waals surface area (Å²) in [6.45, 7) is 8.59. The fourth-order valence-electron chi connectivity index (χ4n) is 1.40. The highest BCUT2D eigenvalue weighted by Crippen LogP contribution is 2.18. The molecular formula is C10H17N3O. The van der Waals surface area contributed by atoms with E-state index in [9.17, 15) is 4.79 Å². The van der Waals surface area contributed by atoms with Crippen LogP contribution in [0.15, 0.2) is 11.0 Å². The van der Waals surface area contributed by atoms with E-state index < -0.39 is 0 Å². The Morgan fingerprint density at radius 2 is 2.07 bits per heavy atom. The Bertz CT molecular complexity index is 387. The third kappa shape index (κ3) is 1.78. The number of anilines is 1. The number of hydrogen-bond acceptors (Lipinski definition) is 3. The highest BCUT2D eigenvalue weighted by atomic mass is 16.1. The molecule has 0 bridgehead atoms. The zero-order valence-corrected chi connectivity index (χ0v) is 9.16. The van der Waals surface area contributed by atoms with Crippen molar-refractivity contribution in [2.45, 2.75) is 39.7 Å². The number of aromatic nitrogens is 2. The minimum Gasteiger partial charge on any atom is -0.393 e. The second kappa shape index (κ2) is 3.44. The average Bonchev–Trinajstić information content (AvgIpc) is 2.07. The fraction of sp³-hybridized carbons (Fsp3) is 0.600. The molecule has 1 aromatic rings. The predicted octanol–water partition coefficient (Wildman–Crippen LogP) is 1.14. The quantitative estimate of drug-likeness (QED) is 0.731. The van der Waals surface area contributed by atoms with Gasteiger partial charge in [0.05, 0.1) is 6.20 Å². The maximum Gasteiger partial charge on any atom is 0.276 e. The SMILES string of the molecule is CCn1c(C(C)(C)C)ncc(N)c1=O. The molecule has 0 aliphatic heterocycles. The molecular weight excluding hydrogens is 178 g/mol. The van der Waals surface area contributed by atoms with Crippen LogP contribution in [0.1, 0.15) is 33.5 Å². The lowest BCUT2D eigenvalue weighted by Crippen LogP contribution is -2.32. The molecule has 4 heteroatoms. The van der Waals surface area contributed by atoms with E-state index in [0.29, 0.717) is 6.54 Å². The minimum absolute atomic E-state index is 0.136. The molecule has 0 fully saturated rings. The Hall–Kier alpha value is -1.32. The smallest absolute Gasteiger partial charge is 0.276 e. The van der Waals surface area contributed by atoms with Crippen LogP contribution in [-0.2, 0) is 12.0 Å². The standard InChI is InChI=1S/C10H17N3O/c1-5-13-8(14)7(11)6-12-9(13)10(2,3)4/h6H,5,11H2,1-4H3. The summed E-state index contributed by atoms with van der Waals surface area (Å²) in [7, 11) is 0. The highest BCUT2D eigenvalue weighted by Gasteiger charge is 2.20. The van der Waals surface area contributed by atoms with Crippen LogP contribution in [0, 0.1) is 0 Å². The summed E-state index contributed by atoms with van der Waals surface area (Å²) in [6.07, 6.45) is 1.44. The highest BCUT2D eigenvalue weighted by molar-refractivity contribution is 5.32. The Labute approximate surface area is 83.8 Å². The van der Waals surface area contributed by atoms with Crippen molar-refractivity contribution in [2.75, 3.05) is 5.73 Å². The Morgan fingerprint density at radius 1 is 1.50 bits per heavy atom. The molecule has 0 aliphatic rings. The lowest BCUT2D eigenvalue weighted by Gasteiger charge is -2.21. The van der Waals surface area contributed by atoms with Crippen molar-refractivity contribution in [2.24, 2.45) is 0 Å². The predicted molar refractivity (Wildman–Crippen MR) is 57.3 cm³/mol. The minimum atomic E-state index is -0.146. The second-order valence-corrected chi connectivity index (χ2v) is 4.34. The first-order chi connectivity index (χ1) is 6.38. The Morgan fingerprint density at radius 3 is 2.50 bits per heavy atom. The van der Waals surface area contributed by atoms with Gasteiger partial charge in [0.15, 0.2) is 0 Å². The van der Waals surface area contributed by atoms with Crippen LogP contribution < -0.4 is 11.3 Å². The lowest BCUT2D eigenvalue weighted by atomic mass is 9.95. The molecule has 0 aromatic carbocycles. The largest absolute Gasteiger partial charge is 0.393 e. The first-order valence-electron chi connectivity index (χ1n) is 4.73. The second-order valence-electron chi connectivity index (χ2n) is 4.34. The third-order valence-corrected chi connectivity index (χ3v) is 2.06. The summed E-state index contributed by atoms with van der Waals surface area (Å²) in [6, 6.07) is 0. The van der Waals surface area contributed by atoms with E-state index in [-0.39, 0.29) is 16.7 Å². The molecule has 14 heavy (non-hydrogen) atoms. The number of rotatable bonds is 1. The molecule has 1 aromatic heterocycles. The molecule has 1 heterocycles. The van der Waals surface area contributed by atoms with Gasteiger partial charge >= 0.3 is 0 Å². The summed E-state index contributed by atoms with van der Waals surface area (Å²) in [5.74, 6) is 0.777. The van der Waals surface area contributed by atoms with Crippen LogP contribution in [0.3, 0.4) is 0 Å². The van der Waals surface area contributed by atoms with Crippen LogP contribution in [0.25, 0.3) is 0 Å². The van der Waals surface area contributed by atoms with Gasteiger partial charge in [0.25, 0.3) is 5.56 Å². The first kappa shape index (κ1) is 10.8. The molecule has 0 saturated carbocycles. The van der Waals surface area contributed by atoms with Gasteiger partial charge in [-0.25, -0.2) is 4.98 Å². The molecule has 1 rings (SSSR count). The molecule has 0 aliphatic carbocycles. The van der Waals surface area contributed by atoms with Gasteiger partial charge in [0.1, 0.15) is 11.5 Å². The van der Waals surface area contributed by atoms with Crippen molar-refractivity contribution in [1.29, 1.82) is 0 Å². The summed E-state index contributed by atoms with van der Waals surface area (Å²) < 4.78 is 1.62. The normalized spacial score (nSPS) is 11.7. The third-order valence-electron chi connectivity index (χ3n) is 2.06. The van der Waals surface area contributed by atoms with Gasteiger partial charge in [0, 0.05) is 12.0 Å². The summed E-state index contributed by atoms with van der Waals surface area (Å²) in [5, 5.41) is 0. The van der Waals surface area contributed by atoms with Crippen LogP contribution in [0.5, 0.6) is 0 Å². The molecule has 4 nitrogen and oxygen atoms in total. The summed E-state index contributed by atoms with van der Waals surface area (Å²) >= 11 is 0. The van der Waals surface area contributed by atoms with E-state index >= 15 is 0 Å². The van der Waals surface area contributed by atoms with Crippen molar-refractivity contribution >= 4 is 5.69 Å². The van der Waals surface area contributed by atoms with E-state index in [1.54, 1.807) is 4.57 Å². The molecule has 0 amide bonds. The number of nitrogens with two attached hydrogens (primary N) is 1. The van der Waals surface area contributed by atoms with Gasteiger partial charge in [-0.3, -0.25) is 9.36 Å². The van der Waals surface area contributed by atoms with Gasteiger partial charge < -0.3 is 5.73 Å². The molecule has 0 unspecified atom stereocenters. The zero-order valence-electron chi connectivity index (χ0n) is 9.16. The van der Waals surface area contributed by atoms with Crippen molar-refractivity contribution in [3.63, 3.8) is 0 Å². The van der Waals surface area contributed by atoms with Gasteiger partial charge in [-0.2, -0.15) is 0 Å². The van der Waals surface area contributed by atoms with Gasteiger partial charge in [-0.05, 0) is 6.92 Å². The van der Waals surface area contributed by atoms with Crippen molar-refractivity contribution in [3.05, 3.63) is 22.4 Å². The molecule has 0 atom stereocenters. The molecule has 0 saturated heterocycles. The maximum atomic E-state index is 11.7. The Kier molecular flexibility index (Phi) is 2.64. The van der Waals surface area contributed by atoms with Crippen molar-refractivity contribution in [3.8, 4) is 0 Å². The number of nitrogen functional groups attached to an aromatic ring is 1. The van der Waals surface area contributed by atoms with Gasteiger partial charge in [0.2, 0.25) is 0 Å². The van der Waals surface area contributed by atoms with Gasteiger partial charge in [-0.1, -0.05) is 20.8 Å². The lowest BCUT2D eigenvalue weighted by molar-refractivity contribution is 0.487. The fourth-order valence-corrected chi connectivity index (χ4v) is 1.40. The van der Waals surface area contributed by atoms with Gasteiger partial charge in [-0.15, -0.1) is 0 Å². The molecule has 0 radical (unpaired) electrons. The molecule has 78 valence electrons.